The maximum absolute atomic E-state index is 13.9. The van der Waals surface area contributed by atoms with Gasteiger partial charge in [0.25, 0.3) is 5.91 Å². The lowest BCUT2D eigenvalue weighted by atomic mass is 10.1. The molecule has 156 valence electrons. The quantitative estimate of drug-likeness (QED) is 0.558. The van der Waals surface area contributed by atoms with Crippen molar-refractivity contribution in [2.45, 2.75) is 25.5 Å². The minimum Gasteiger partial charge on any atom is -0.366 e. The first kappa shape index (κ1) is 21.4. The molecule has 0 bridgehead atoms. The number of anilines is 1. The number of primary amides is 1. The number of hydrogen-bond donors (Lipinski definition) is 2. The summed E-state index contributed by atoms with van der Waals surface area (Å²) in [7, 11) is 0. The van der Waals surface area contributed by atoms with E-state index in [1.807, 2.05) is 42.7 Å². The van der Waals surface area contributed by atoms with E-state index in [1.54, 1.807) is 0 Å². The first-order valence-corrected chi connectivity index (χ1v) is 10.0. The van der Waals surface area contributed by atoms with Crippen molar-refractivity contribution in [3.63, 3.8) is 0 Å². The Labute approximate surface area is 175 Å². The highest BCUT2D eigenvalue weighted by Gasteiger charge is 2.18. The number of carbonyl (C=O) groups excluding carboxylic acids is 2. The van der Waals surface area contributed by atoms with Crippen molar-refractivity contribution in [3.8, 4) is 11.4 Å². The third-order valence-electron chi connectivity index (χ3n) is 4.24. The molecule has 0 aliphatic heterocycles. The SMILES string of the molecule is CCn1c(SCC(=O)Nc2cc(C(N)=O)c(F)cc2F)nnc1-c1cccc(C)c1. The Morgan fingerprint density at radius 1 is 1.17 bits per heavy atom. The van der Waals surface area contributed by atoms with Crippen LogP contribution in [0.5, 0.6) is 0 Å². The van der Waals surface area contributed by atoms with Crippen molar-refractivity contribution in [2.24, 2.45) is 5.73 Å². The number of nitrogens with one attached hydrogen (secondary N) is 1. The molecule has 3 rings (SSSR count). The molecule has 0 radical (unpaired) electrons. The Balaban J connectivity index is 1.73. The number of nitrogens with two attached hydrogens (primary N) is 1. The Kier molecular flexibility index (Phi) is 6.46. The molecule has 2 amide bonds. The Bertz CT molecular complexity index is 1120. The normalized spacial score (nSPS) is 10.8. The van der Waals surface area contributed by atoms with Crippen LogP contribution < -0.4 is 11.1 Å². The monoisotopic (exact) mass is 431 g/mol. The summed E-state index contributed by atoms with van der Waals surface area (Å²) in [4.78, 5) is 23.5. The highest BCUT2D eigenvalue weighted by atomic mass is 32.2. The average molecular weight is 431 g/mol. The zero-order chi connectivity index (χ0) is 21.8. The lowest BCUT2D eigenvalue weighted by Crippen LogP contribution is -2.18. The molecule has 0 fully saturated rings. The van der Waals surface area contributed by atoms with Gasteiger partial charge in [0.1, 0.15) is 11.6 Å². The molecule has 3 N–H and O–H groups in total. The predicted octanol–water partition coefficient (Wildman–Crippen LogP) is 3.38. The second-order valence-corrected chi connectivity index (χ2v) is 7.38. The number of amides is 2. The summed E-state index contributed by atoms with van der Waals surface area (Å²) in [6.45, 7) is 4.51. The van der Waals surface area contributed by atoms with Crippen LogP contribution in [0, 0.1) is 18.6 Å². The van der Waals surface area contributed by atoms with E-state index < -0.39 is 29.0 Å². The average Bonchev–Trinajstić information content (AvgIpc) is 3.11. The van der Waals surface area contributed by atoms with E-state index in [1.165, 1.54) is 0 Å². The number of hydrogen-bond acceptors (Lipinski definition) is 5. The van der Waals surface area contributed by atoms with Gasteiger partial charge < -0.3 is 15.6 Å². The van der Waals surface area contributed by atoms with Crippen LogP contribution in [0.3, 0.4) is 0 Å². The lowest BCUT2D eigenvalue weighted by Gasteiger charge is -2.09. The first-order chi connectivity index (χ1) is 14.3. The van der Waals surface area contributed by atoms with Gasteiger partial charge in [-0.15, -0.1) is 10.2 Å². The minimum atomic E-state index is -1.09. The number of aryl methyl sites for hydroxylation is 1. The van der Waals surface area contributed by atoms with Crippen molar-refractivity contribution in [3.05, 3.63) is 59.2 Å². The molecule has 0 saturated carbocycles. The standard InChI is InChI=1S/C20H19F2N5O2S/c1-3-27-19(12-6-4-5-11(2)7-12)25-26-20(27)30-10-17(28)24-16-8-13(18(23)29)14(21)9-15(16)22/h4-9H,3,10H2,1-2H3,(H2,23,29)(H,24,28). The van der Waals surface area contributed by atoms with E-state index in [0.717, 1.165) is 29.0 Å². The number of thioether (sulfide) groups is 1. The maximum Gasteiger partial charge on any atom is 0.251 e. The first-order valence-electron chi connectivity index (χ1n) is 9.02. The van der Waals surface area contributed by atoms with Gasteiger partial charge in [0, 0.05) is 18.2 Å². The van der Waals surface area contributed by atoms with Gasteiger partial charge in [-0.1, -0.05) is 35.5 Å². The number of aromatic nitrogens is 3. The molecule has 0 spiro atoms. The molecule has 1 aromatic heterocycles. The van der Waals surface area contributed by atoms with Crippen molar-refractivity contribution < 1.29 is 18.4 Å². The summed E-state index contributed by atoms with van der Waals surface area (Å²) in [5.41, 5.74) is 6.22. The largest absolute Gasteiger partial charge is 0.366 e. The van der Waals surface area contributed by atoms with Gasteiger partial charge in [0.15, 0.2) is 11.0 Å². The number of halogens is 2. The fraction of sp³-hybridized carbons (Fsp3) is 0.200. The molecule has 30 heavy (non-hydrogen) atoms. The maximum atomic E-state index is 13.9. The number of nitrogens with zero attached hydrogens (tertiary/aromatic N) is 3. The molecule has 0 saturated heterocycles. The van der Waals surface area contributed by atoms with E-state index in [-0.39, 0.29) is 11.4 Å². The van der Waals surface area contributed by atoms with Crippen LogP contribution in [0.25, 0.3) is 11.4 Å². The topological polar surface area (TPSA) is 103 Å². The van der Waals surface area contributed by atoms with E-state index in [9.17, 15) is 18.4 Å². The minimum absolute atomic E-state index is 0.0886. The van der Waals surface area contributed by atoms with Crippen LogP contribution in [0.1, 0.15) is 22.8 Å². The Morgan fingerprint density at radius 2 is 1.93 bits per heavy atom. The molecule has 0 aliphatic carbocycles. The van der Waals surface area contributed by atoms with Gasteiger partial charge in [-0.05, 0) is 26.0 Å². The molecule has 7 nitrogen and oxygen atoms in total. The van der Waals surface area contributed by atoms with E-state index in [2.05, 4.69) is 15.5 Å². The third kappa shape index (κ3) is 4.65. The second kappa shape index (κ2) is 9.04. The second-order valence-electron chi connectivity index (χ2n) is 6.43. The van der Waals surface area contributed by atoms with Gasteiger partial charge in [-0.25, -0.2) is 8.78 Å². The van der Waals surface area contributed by atoms with Gasteiger partial charge >= 0.3 is 0 Å². The van der Waals surface area contributed by atoms with Gasteiger partial charge in [0.2, 0.25) is 5.91 Å². The summed E-state index contributed by atoms with van der Waals surface area (Å²) in [6, 6.07) is 9.21. The number of carbonyl (C=O) groups is 2. The van der Waals surface area contributed by atoms with Crippen LogP contribution in [0.15, 0.2) is 41.6 Å². The van der Waals surface area contributed by atoms with Gasteiger partial charge in [-0.2, -0.15) is 0 Å². The van der Waals surface area contributed by atoms with Crippen LogP contribution in [0.2, 0.25) is 0 Å². The zero-order valence-corrected chi connectivity index (χ0v) is 17.1. The number of benzene rings is 2. The van der Waals surface area contributed by atoms with Crippen LogP contribution in [0.4, 0.5) is 14.5 Å². The third-order valence-corrected chi connectivity index (χ3v) is 5.20. The van der Waals surface area contributed by atoms with Crippen molar-refractivity contribution in [1.82, 2.24) is 14.8 Å². The lowest BCUT2D eigenvalue weighted by molar-refractivity contribution is -0.113. The summed E-state index contributed by atoms with van der Waals surface area (Å²) in [5, 5.41) is 11.2. The highest BCUT2D eigenvalue weighted by Crippen LogP contribution is 2.25. The molecular weight excluding hydrogens is 412 g/mol. The van der Waals surface area contributed by atoms with E-state index in [4.69, 9.17) is 5.73 Å². The fourth-order valence-corrected chi connectivity index (χ4v) is 3.63. The van der Waals surface area contributed by atoms with Crippen LogP contribution in [-0.4, -0.2) is 32.3 Å². The Hall–Kier alpha value is -3.27. The summed E-state index contributed by atoms with van der Waals surface area (Å²) >= 11 is 1.13. The van der Waals surface area contributed by atoms with Crippen molar-refractivity contribution in [1.29, 1.82) is 0 Å². The van der Waals surface area contributed by atoms with Crippen molar-refractivity contribution in [2.75, 3.05) is 11.1 Å². The molecule has 10 heteroatoms. The van der Waals surface area contributed by atoms with Crippen molar-refractivity contribution >= 4 is 29.3 Å². The molecule has 0 atom stereocenters. The van der Waals surface area contributed by atoms with Crippen LogP contribution >= 0.6 is 11.8 Å². The van der Waals surface area contributed by atoms with Gasteiger partial charge in [0.05, 0.1) is 17.0 Å². The molecule has 2 aromatic carbocycles. The van der Waals surface area contributed by atoms with Crippen LogP contribution in [-0.2, 0) is 11.3 Å². The molecule has 0 unspecified atom stereocenters. The summed E-state index contributed by atoms with van der Waals surface area (Å²) in [6.07, 6.45) is 0. The summed E-state index contributed by atoms with van der Waals surface area (Å²) in [5.74, 6) is -3.11. The van der Waals surface area contributed by atoms with Gasteiger partial charge in [-0.3, -0.25) is 9.59 Å². The predicted molar refractivity (Wildman–Crippen MR) is 110 cm³/mol. The smallest absolute Gasteiger partial charge is 0.251 e. The fourth-order valence-electron chi connectivity index (χ4n) is 2.83. The molecular formula is C20H19F2N5O2S. The Morgan fingerprint density at radius 3 is 2.60 bits per heavy atom. The molecule has 3 aromatic rings. The zero-order valence-electron chi connectivity index (χ0n) is 16.3. The summed E-state index contributed by atoms with van der Waals surface area (Å²) < 4.78 is 29.4. The van der Waals surface area contributed by atoms with E-state index >= 15 is 0 Å². The molecule has 0 aliphatic rings. The van der Waals surface area contributed by atoms with E-state index in [0.29, 0.717) is 23.6 Å². The molecule has 1 heterocycles. The number of rotatable bonds is 7. The highest BCUT2D eigenvalue weighted by molar-refractivity contribution is 7.99.